The van der Waals surface area contributed by atoms with Crippen molar-refractivity contribution in [1.29, 1.82) is 0 Å². The summed E-state index contributed by atoms with van der Waals surface area (Å²) in [5, 5.41) is 0. The molecule has 0 spiro atoms. The third-order valence-electron chi connectivity index (χ3n) is 7.35. The Morgan fingerprint density at radius 3 is 1.80 bits per heavy atom. The first-order valence-corrected chi connectivity index (χ1v) is 14.2. The number of carbonyl (C=O) groups is 1. The van der Waals surface area contributed by atoms with Crippen molar-refractivity contribution in [2.24, 2.45) is 0 Å². The maximum absolute atomic E-state index is 13.0. The number of ether oxygens (including phenoxy) is 6. The Balaban J connectivity index is 1.53. The van der Waals surface area contributed by atoms with Gasteiger partial charge in [-0.2, -0.15) is 0 Å². The number of benzene rings is 3. The first-order chi connectivity index (χ1) is 19.9. The van der Waals surface area contributed by atoms with Crippen molar-refractivity contribution >= 4 is 5.97 Å². The molecule has 2 aliphatic rings. The number of hydrogen-bond donors (Lipinski definition) is 0. The van der Waals surface area contributed by atoms with Gasteiger partial charge in [0, 0.05) is 0 Å². The van der Waals surface area contributed by atoms with Crippen LogP contribution in [0.15, 0.2) is 103 Å². The third kappa shape index (κ3) is 5.95. The Morgan fingerprint density at radius 2 is 1.32 bits per heavy atom. The number of hydrogen-bond acceptors (Lipinski definition) is 7. The number of fused-ring (bicyclic) bond motifs is 1. The van der Waals surface area contributed by atoms with Crippen LogP contribution in [0.5, 0.6) is 0 Å². The summed E-state index contributed by atoms with van der Waals surface area (Å²) >= 11 is 0. The van der Waals surface area contributed by atoms with Gasteiger partial charge in [0.2, 0.25) is 0 Å². The Morgan fingerprint density at radius 1 is 0.805 bits per heavy atom. The van der Waals surface area contributed by atoms with E-state index in [2.05, 4.69) is 36.4 Å². The quantitative estimate of drug-likeness (QED) is 0.128. The molecule has 2 saturated heterocycles. The van der Waals surface area contributed by atoms with E-state index in [1.54, 1.807) is 6.92 Å². The number of carbonyl (C=O) groups excluding carboxylic acids is 1. The van der Waals surface area contributed by atoms with Gasteiger partial charge in [0.05, 0.1) is 26.1 Å². The van der Waals surface area contributed by atoms with Crippen LogP contribution in [0.1, 0.15) is 44.4 Å². The van der Waals surface area contributed by atoms with Gasteiger partial charge in [-0.25, -0.2) is 4.79 Å². The molecule has 0 amide bonds. The van der Waals surface area contributed by atoms with E-state index in [4.69, 9.17) is 28.4 Å². The summed E-state index contributed by atoms with van der Waals surface area (Å²) in [7, 11) is 0. The lowest BCUT2D eigenvalue weighted by Crippen LogP contribution is -2.39. The molecule has 1 unspecified atom stereocenters. The van der Waals surface area contributed by atoms with Gasteiger partial charge in [-0.1, -0.05) is 91.0 Å². The largest absolute Gasteiger partial charge is 0.501 e. The van der Waals surface area contributed by atoms with Crippen molar-refractivity contribution in [3.05, 3.63) is 120 Å². The van der Waals surface area contributed by atoms with E-state index in [0.29, 0.717) is 6.61 Å². The molecule has 0 saturated carbocycles. The van der Waals surface area contributed by atoms with Gasteiger partial charge in [0.1, 0.15) is 35.6 Å². The van der Waals surface area contributed by atoms with E-state index in [0.717, 1.165) is 16.7 Å². The lowest BCUT2D eigenvalue weighted by Gasteiger charge is -2.37. The predicted octanol–water partition coefficient (Wildman–Crippen LogP) is 5.77. The Hall–Kier alpha value is -3.49. The molecular formula is C34H38O7. The second-order valence-electron chi connectivity index (χ2n) is 10.5. The van der Waals surface area contributed by atoms with Gasteiger partial charge in [-0.15, -0.1) is 0 Å². The van der Waals surface area contributed by atoms with Crippen LogP contribution in [0.2, 0.25) is 0 Å². The van der Waals surface area contributed by atoms with Crippen LogP contribution in [-0.2, 0) is 38.8 Å². The summed E-state index contributed by atoms with van der Waals surface area (Å²) in [6.07, 6.45) is -0.897. The summed E-state index contributed by atoms with van der Waals surface area (Å²) in [6, 6.07) is 30.5. The average molecular weight is 559 g/mol. The molecule has 0 bridgehead atoms. The first kappa shape index (κ1) is 29.0. The highest BCUT2D eigenvalue weighted by Crippen LogP contribution is 2.44. The second kappa shape index (κ2) is 12.6. The summed E-state index contributed by atoms with van der Waals surface area (Å²) in [5.41, 5.74) is 2.27. The fourth-order valence-electron chi connectivity index (χ4n) is 5.66. The zero-order chi connectivity index (χ0) is 28.9. The smallest absolute Gasteiger partial charge is 0.339 e. The van der Waals surface area contributed by atoms with Crippen LogP contribution in [0.4, 0.5) is 0 Å². The van der Waals surface area contributed by atoms with Crippen LogP contribution in [0.25, 0.3) is 0 Å². The van der Waals surface area contributed by atoms with E-state index in [9.17, 15) is 4.79 Å². The van der Waals surface area contributed by atoms with Gasteiger partial charge in [0.15, 0.2) is 5.79 Å². The first-order valence-electron chi connectivity index (χ1n) is 14.2. The fourth-order valence-corrected chi connectivity index (χ4v) is 5.66. The highest BCUT2D eigenvalue weighted by atomic mass is 16.8. The molecule has 3 aromatic carbocycles. The standard InChI is InChI=1S/C34H38O7/c1-5-36-22-27(32(35)37-6-2)29-31-30(40-33(3,4)41-31)28(39-29)23-38-34(24-16-10-7-11-17-24,25-18-12-8-13-19-25)26-20-14-9-15-21-26/h7-22,28-31H,5-6,23H2,1-4H3/t28-,29?,30-,31+/m1/s1. The molecule has 7 nitrogen and oxygen atoms in total. The Kier molecular flexibility index (Phi) is 8.90. The SMILES string of the molecule is CCOC=C(C(=O)OCC)C1O[C@H](COC(c2ccccc2)(c2ccccc2)c2ccccc2)[C@H]2OC(C)(C)O[C@@H]12. The van der Waals surface area contributed by atoms with Crippen molar-refractivity contribution in [2.45, 2.75) is 63.5 Å². The maximum atomic E-state index is 13.0. The monoisotopic (exact) mass is 558 g/mol. The summed E-state index contributed by atoms with van der Waals surface area (Å²) < 4.78 is 37.1. The van der Waals surface area contributed by atoms with Crippen molar-refractivity contribution in [3.63, 3.8) is 0 Å². The predicted molar refractivity (Wildman–Crippen MR) is 154 cm³/mol. The second-order valence-corrected chi connectivity index (χ2v) is 10.5. The summed E-state index contributed by atoms with van der Waals surface area (Å²) in [4.78, 5) is 13.0. The molecule has 4 atom stereocenters. The van der Waals surface area contributed by atoms with Crippen LogP contribution in [-0.4, -0.2) is 56.0 Å². The summed E-state index contributed by atoms with van der Waals surface area (Å²) in [5.74, 6) is -1.37. The van der Waals surface area contributed by atoms with Gasteiger partial charge in [-0.3, -0.25) is 0 Å². The molecule has 3 aromatic rings. The van der Waals surface area contributed by atoms with Crippen LogP contribution < -0.4 is 0 Å². The maximum Gasteiger partial charge on any atom is 0.339 e. The molecule has 2 heterocycles. The van der Waals surface area contributed by atoms with E-state index in [1.807, 2.05) is 75.4 Å². The van der Waals surface area contributed by atoms with Crippen molar-refractivity contribution in [3.8, 4) is 0 Å². The normalized spacial score (nSPS) is 23.7. The lowest BCUT2D eigenvalue weighted by atomic mass is 9.80. The Bertz CT molecular complexity index is 1210. The van der Waals surface area contributed by atoms with Gasteiger partial charge < -0.3 is 28.4 Å². The zero-order valence-electron chi connectivity index (χ0n) is 24.0. The molecule has 0 aromatic heterocycles. The van der Waals surface area contributed by atoms with Crippen molar-refractivity contribution in [2.75, 3.05) is 19.8 Å². The van der Waals surface area contributed by atoms with Gasteiger partial charge in [0.25, 0.3) is 0 Å². The number of esters is 1. The minimum Gasteiger partial charge on any atom is -0.501 e. The van der Waals surface area contributed by atoms with Crippen LogP contribution in [0.3, 0.4) is 0 Å². The van der Waals surface area contributed by atoms with Crippen LogP contribution in [0, 0.1) is 0 Å². The molecule has 7 heteroatoms. The molecular weight excluding hydrogens is 520 g/mol. The minimum atomic E-state index is -0.930. The molecule has 2 fully saturated rings. The van der Waals surface area contributed by atoms with E-state index < -0.39 is 41.8 Å². The van der Waals surface area contributed by atoms with E-state index >= 15 is 0 Å². The molecule has 41 heavy (non-hydrogen) atoms. The molecule has 2 aliphatic heterocycles. The molecule has 0 radical (unpaired) electrons. The van der Waals surface area contributed by atoms with Gasteiger partial charge in [-0.05, 0) is 44.4 Å². The highest BCUT2D eigenvalue weighted by Gasteiger charge is 2.57. The zero-order valence-corrected chi connectivity index (χ0v) is 24.0. The van der Waals surface area contributed by atoms with E-state index in [1.165, 1.54) is 6.26 Å². The van der Waals surface area contributed by atoms with Crippen molar-refractivity contribution < 1.29 is 33.2 Å². The average Bonchev–Trinajstić information content (AvgIpc) is 3.48. The topological polar surface area (TPSA) is 72.5 Å². The molecule has 5 rings (SSSR count). The van der Waals surface area contributed by atoms with Crippen LogP contribution >= 0.6 is 0 Å². The number of rotatable bonds is 11. The summed E-state index contributed by atoms with van der Waals surface area (Å²) in [6.45, 7) is 8.12. The molecule has 0 N–H and O–H groups in total. The molecule has 0 aliphatic carbocycles. The minimum absolute atomic E-state index is 0.167. The fraction of sp³-hybridized carbons (Fsp3) is 0.382. The third-order valence-corrected chi connectivity index (χ3v) is 7.35. The molecule has 216 valence electrons. The Labute approximate surface area is 242 Å². The van der Waals surface area contributed by atoms with E-state index in [-0.39, 0.29) is 18.8 Å². The lowest BCUT2D eigenvalue weighted by molar-refractivity contribution is -0.192. The van der Waals surface area contributed by atoms with Crippen molar-refractivity contribution in [1.82, 2.24) is 0 Å². The van der Waals surface area contributed by atoms with Gasteiger partial charge >= 0.3 is 5.97 Å². The highest BCUT2D eigenvalue weighted by molar-refractivity contribution is 5.89.